The van der Waals surface area contributed by atoms with Gasteiger partial charge in [0.05, 0.1) is 18.9 Å². The number of aryl methyl sites for hydroxylation is 1. The van der Waals surface area contributed by atoms with Crippen LogP contribution in [-0.2, 0) is 11.2 Å². The minimum absolute atomic E-state index is 0.112. The van der Waals surface area contributed by atoms with Gasteiger partial charge in [-0.2, -0.15) is 5.26 Å². The molecular weight excluding hydrogens is 266 g/mol. The number of hydrogen-bond acceptors (Lipinski definition) is 4. The third-order valence-electron chi connectivity index (χ3n) is 3.01. The van der Waals surface area contributed by atoms with Gasteiger partial charge in [-0.25, -0.2) is 0 Å². The van der Waals surface area contributed by atoms with E-state index in [0.29, 0.717) is 29.4 Å². The minimum Gasteiger partial charge on any atom is -0.341 e. The Balaban J connectivity index is 2.03. The third kappa shape index (κ3) is 3.18. The van der Waals surface area contributed by atoms with Crippen LogP contribution in [0.3, 0.4) is 0 Å². The van der Waals surface area contributed by atoms with E-state index in [2.05, 4.69) is 11.1 Å². The molecule has 18 heavy (non-hydrogen) atoms. The third-order valence-corrected chi connectivity index (χ3v) is 4.34. The van der Waals surface area contributed by atoms with Crippen LogP contribution in [0.5, 0.6) is 0 Å². The summed E-state index contributed by atoms with van der Waals surface area (Å²) in [4.78, 5) is 18.1. The molecule has 0 atom stereocenters. The Bertz CT molecular complexity index is 536. The lowest BCUT2D eigenvalue weighted by Crippen LogP contribution is -2.35. The van der Waals surface area contributed by atoms with E-state index in [4.69, 9.17) is 17.5 Å². The van der Waals surface area contributed by atoms with Crippen molar-refractivity contribution in [2.75, 3.05) is 6.54 Å². The first-order valence-corrected chi connectivity index (χ1v) is 7.19. The number of nitriles is 1. The van der Waals surface area contributed by atoms with Crippen LogP contribution >= 0.6 is 23.6 Å². The van der Waals surface area contributed by atoms with Crippen molar-refractivity contribution in [1.82, 2.24) is 9.88 Å². The molecule has 1 heterocycles. The quantitative estimate of drug-likeness (QED) is 0.844. The van der Waals surface area contributed by atoms with E-state index in [1.165, 1.54) is 11.3 Å². The van der Waals surface area contributed by atoms with Crippen molar-refractivity contribution in [2.45, 2.75) is 38.6 Å². The van der Waals surface area contributed by atoms with E-state index in [0.717, 1.165) is 23.4 Å². The number of nitrogens with zero attached hydrogens (tertiary/aromatic N) is 2. The van der Waals surface area contributed by atoms with Crippen LogP contribution in [0.1, 0.15) is 29.8 Å². The number of thiazole rings is 1. The largest absolute Gasteiger partial charge is 0.341 e. The molecule has 0 bridgehead atoms. The molecule has 0 unspecified atom stereocenters. The number of aromatic nitrogens is 1. The summed E-state index contributed by atoms with van der Waals surface area (Å²) in [7, 11) is 0. The molecule has 6 heteroatoms. The predicted octanol–water partition coefficient (Wildman–Crippen LogP) is 2.56. The molecule has 0 saturated heterocycles. The zero-order valence-electron chi connectivity index (χ0n) is 10.2. The van der Waals surface area contributed by atoms with Crippen LogP contribution in [0.2, 0.25) is 0 Å². The van der Waals surface area contributed by atoms with Crippen molar-refractivity contribution >= 4 is 29.5 Å². The monoisotopic (exact) mass is 281 g/mol. The van der Waals surface area contributed by atoms with Crippen molar-refractivity contribution in [3.8, 4) is 6.07 Å². The van der Waals surface area contributed by atoms with Crippen LogP contribution in [0, 0.1) is 22.2 Å². The number of rotatable bonds is 5. The van der Waals surface area contributed by atoms with Gasteiger partial charge in [-0.3, -0.25) is 4.79 Å². The number of carbonyl (C=O) groups excluding carboxylic acids is 1. The minimum atomic E-state index is 0.112. The lowest BCUT2D eigenvalue weighted by molar-refractivity contribution is -0.130. The normalized spacial score (nSPS) is 14.2. The van der Waals surface area contributed by atoms with Crippen molar-refractivity contribution < 1.29 is 4.79 Å². The molecule has 4 nitrogen and oxygen atoms in total. The Morgan fingerprint density at radius 2 is 2.39 bits per heavy atom. The average molecular weight is 281 g/mol. The summed E-state index contributed by atoms with van der Waals surface area (Å²) in [6, 6.07) is 2.46. The fourth-order valence-electron chi connectivity index (χ4n) is 1.91. The smallest absolute Gasteiger partial charge is 0.228 e. The molecular formula is C12H15N3OS2. The van der Waals surface area contributed by atoms with E-state index in [1.54, 1.807) is 0 Å². The van der Waals surface area contributed by atoms with Gasteiger partial charge in [0, 0.05) is 23.2 Å². The lowest BCUT2D eigenvalue weighted by atomic mass is 10.2. The molecule has 1 aliphatic rings. The van der Waals surface area contributed by atoms with Crippen molar-refractivity contribution in [2.24, 2.45) is 0 Å². The van der Waals surface area contributed by atoms with Crippen LogP contribution < -0.4 is 0 Å². The molecule has 1 aromatic rings. The highest BCUT2D eigenvalue weighted by molar-refractivity contribution is 7.73. The number of amides is 1. The fraction of sp³-hybridized carbons (Fsp3) is 0.583. The average Bonchev–Trinajstić information content (AvgIpc) is 3.08. The topological polar surface area (TPSA) is 59.9 Å². The van der Waals surface area contributed by atoms with Crippen molar-refractivity contribution in [1.29, 1.82) is 5.26 Å². The first-order valence-electron chi connectivity index (χ1n) is 5.97. The molecule has 1 aromatic heterocycles. The van der Waals surface area contributed by atoms with Gasteiger partial charge in [0.2, 0.25) is 5.91 Å². The predicted molar refractivity (Wildman–Crippen MR) is 72.9 cm³/mol. The molecule has 1 N–H and O–H groups in total. The number of H-pyrrole nitrogens is 1. The highest BCUT2D eigenvalue weighted by Gasteiger charge is 2.32. The highest BCUT2D eigenvalue weighted by atomic mass is 32.1. The van der Waals surface area contributed by atoms with Crippen LogP contribution in [0.4, 0.5) is 0 Å². The second kappa shape index (κ2) is 5.63. The molecule has 0 radical (unpaired) electrons. The number of hydrogen-bond donors (Lipinski definition) is 1. The summed E-state index contributed by atoms with van der Waals surface area (Å²) in [6.45, 7) is 2.49. The summed E-state index contributed by atoms with van der Waals surface area (Å²) < 4.78 is 0.713. The molecule has 1 aliphatic carbocycles. The Hall–Kier alpha value is -1.19. The summed E-state index contributed by atoms with van der Waals surface area (Å²) in [5.74, 6) is 0.112. The zero-order chi connectivity index (χ0) is 13.1. The van der Waals surface area contributed by atoms with Gasteiger partial charge in [-0.1, -0.05) is 0 Å². The number of nitrogens with one attached hydrogen (secondary N) is 1. The van der Waals surface area contributed by atoms with Crippen LogP contribution in [0.15, 0.2) is 0 Å². The summed E-state index contributed by atoms with van der Waals surface area (Å²) in [5.41, 5.74) is 0.981. The van der Waals surface area contributed by atoms with Gasteiger partial charge in [-0.15, -0.1) is 11.3 Å². The highest BCUT2D eigenvalue weighted by Crippen LogP contribution is 2.28. The van der Waals surface area contributed by atoms with Gasteiger partial charge in [-0.05, 0) is 32.0 Å². The maximum absolute atomic E-state index is 12.2. The van der Waals surface area contributed by atoms with Crippen molar-refractivity contribution in [3.05, 3.63) is 14.5 Å². The van der Waals surface area contributed by atoms with Gasteiger partial charge in [0.25, 0.3) is 0 Å². The molecule has 1 saturated carbocycles. The fourth-order valence-corrected chi connectivity index (χ4v) is 3.19. The van der Waals surface area contributed by atoms with Gasteiger partial charge >= 0.3 is 0 Å². The lowest BCUT2D eigenvalue weighted by Gasteiger charge is -2.20. The number of carbonyl (C=O) groups is 1. The molecule has 2 rings (SSSR count). The Morgan fingerprint density at radius 1 is 1.67 bits per heavy atom. The van der Waals surface area contributed by atoms with Crippen LogP contribution in [0.25, 0.3) is 0 Å². The molecule has 0 spiro atoms. The molecule has 1 amide bonds. The standard InChI is InChI=1S/C12H15N3OS2/c1-8-10(18-12(17)14-8)7-11(16)15(6-2-5-13)9-3-4-9/h9H,2-4,6-7H2,1H3,(H,14,17). The van der Waals surface area contributed by atoms with E-state index in [9.17, 15) is 4.79 Å². The van der Waals surface area contributed by atoms with E-state index >= 15 is 0 Å². The van der Waals surface area contributed by atoms with Gasteiger partial charge in [0.15, 0.2) is 3.95 Å². The Morgan fingerprint density at radius 3 is 2.89 bits per heavy atom. The maximum atomic E-state index is 12.2. The van der Waals surface area contributed by atoms with E-state index < -0.39 is 0 Å². The van der Waals surface area contributed by atoms with E-state index in [-0.39, 0.29) is 5.91 Å². The molecule has 1 fully saturated rings. The first kappa shape index (κ1) is 13.2. The molecule has 0 aliphatic heterocycles. The SMILES string of the molecule is Cc1[nH]c(=S)sc1CC(=O)N(CCC#N)C1CC1. The second-order valence-electron chi connectivity index (χ2n) is 4.47. The molecule has 0 aromatic carbocycles. The van der Waals surface area contributed by atoms with Crippen LogP contribution in [-0.4, -0.2) is 28.4 Å². The van der Waals surface area contributed by atoms with Gasteiger partial charge in [0.1, 0.15) is 0 Å². The molecule has 96 valence electrons. The Labute approximate surface area is 115 Å². The number of aromatic amines is 1. The summed E-state index contributed by atoms with van der Waals surface area (Å²) in [5, 5.41) is 8.63. The first-order chi connectivity index (χ1) is 8.61. The van der Waals surface area contributed by atoms with E-state index in [1.807, 2.05) is 11.8 Å². The summed E-state index contributed by atoms with van der Waals surface area (Å²) >= 11 is 6.53. The zero-order valence-corrected chi connectivity index (χ0v) is 11.9. The van der Waals surface area contributed by atoms with Crippen molar-refractivity contribution in [3.63, 3.8) is 0 Å². The Kier molecular flexibility index (Phi) is 4.15. The summed E-state index contributed by atoms with van der Waals surface area (Å²) in [6.07, 6.45) is 2.94. The maximum Gasteiger partial charge on any atom is 0.228 e. The van der Waals surface area contributed by atoms with Gasteiger partial charge < -0.3 is 9.88 Å². The second-order valence-corrected chi connectivity index (χ2v) is 6.24.